The zero-order valence-electron chi connectivity index (χ0n) is 10.4. The van der Waals surface area contributed by atoms with Gasteiger partial charge < -0.3 is 5.32 Å². The van der Waals surface area contributed by atoms with Gasteiger partial charge in [-0.1, -0.05) is 18.2 Å². The van der Waals surface area contributed by atoms with Crippen LogP contribution >= 0.6 is 0 Å². The average molecular weight is 243 g/mol. The van der Waals surface area contributed by atoms with E-state index in [4.69, 9.17) is 1.37 Å². The Morgan fingerprint density at radius 3 is 2.28 bits per heavy atom. The summed E-state index contributed by atoms with van der Waals surface area (Å²) in [6.45, 7) is 0. The largest absolute Gasteiger partial charge is 0.329 e. The first-order valence-corrected chi connectivity index (χ1v) is 5.25. The Labute approximate surface area is 105 Å². The lowest BCUT2D eigenvalue weighted by molar-refractivity contribution is -0.105. The van der Waals surface area contributed by atoms with Crippen molar-refractivity contribution >= 4 is 23.5 Å². The topological polar surface area (TPSA) is 61.8 Å². The predicted octanol–water partition coefficient (Wildman–Crippen LogP) is 3.07. The minimum atomic E-state index is 0.361. The quantitative estimate of drug-likeness (QED) is 0.498. The lowest BCUT2D eigenvalue weighted by Gasteiger charge is -2.15. The minimum Gasteiger partial charge on any atom is -0.329 e. The fourth-order valence-corrected chi connectivity index (χ4v) is 1.53. The molecule has 0 unspecified atom stereocenters. The molecule has 2 aromatic rings. The zero-order chi connectivity index (χ0) is 13.7. The van der Waals surface area contributed by atoms with Gasteiger partial charge in [-0.05, 0) is 36.4 Å². The number of nitrogens with zero attached hydrogens (tertiary/aromatic N) is 2. The maximum Gasteiger partial charge on any atom is 0.211 e. The summed E-state index contributed by atoms with van der Waals surface area (Å²) in [7, 11) is 0. The third-order valence-electron chi connectivity index (χ3n) is 2.36. The van der Waals surface area contributed by atoms with Crippen molar-refractivity contribution in [2.75, 3.05) is 10.3 Å². The minimum absolute atomic E-state index is 0.361. The Morgan fingerprint density at radius 2 is 1.72 bits per heavy atom. The summed E-state index contributed by atoms with van der Waals surface area (Å²) >= 11 is 0. The van der Waals surface area contributed by atoms with Crippen LogP contribution in [0.2, 0.25) is 0 Å². The molecule has 0 aliphatic rings. The summed E-state index contributed by atoms with van der Waals surface area (Å²) in [4.78, 5) is 21.3. The van der Waals surface area contributed by atoms with Crippen molar-refractivity contribution < 1.29 is 6.17 Å². The molecule has 2 aromatic carbocycles. The predicted molar refractivity (Wildman–Crippen MR) is 70.5 cm³/mol. The molecule has 0 bridgehead atoms. The van der Waals surface area contributed by atoms with Crippen LogP contribution in [0.1, 0.15) is 1.37 Å². The third-order valence-corrected chi connectivity index (χ3v) is 2.36. The van der Waals surface area contributed by atoms with Gasteiger partial charge in [0.2, 0.25) is 6.41 Å². The Morgan fingerprint density at radius 1 is 1.11 bits per heavy atom. The molecule has 18 heavy (non-hydrogen) atoms. The molecule has 5 heteroatoms. The summed E-state index contributed by atoms with van der Waals surface area (Å²) in [5.74, 6) is 0. The number of rotatable bonds is 5. The van der Waals surface area contributed by atoms with Gasteiger partial charge in [-0.15, -0.1) is 4.91 Å². The molecule has 1 amide bonds. The van der Waals surface area contributed by atoms with Crippen LogP contribution in [0.15, 0.2) is 59.9 Å². The third kappa shape index (κ3) is 2.52. The van der Waals surface area contributed by atoms with Crippen LogP contribution in [0.4, 0.5) is 17.1 Å². The van der Waals surface area contributed by atoms with Gasteiger partial charge in [0.05, 0.1) is 18.0 Å². The van der Waals surface area contributed by atoms with Crippen molar-refractivity contribution in [2.24, 2.45) is 5.29 Å². The Balaban J connectivity index is 2.28. The second kappa shape index (κ2) is 5.58. The maximum atomic E-state index is 11.0. The van der Waals surface area contributed by atoms with Gasteiger partial charge >= 0.3 is 0 Å². The second-order valence-electron chi connectivity index (χ2n) is 3.46. The van der Waals surface area contributed by atoms with E-state index < -0.39 is 0 Å². The first kappa shape index (κ1) is 10.5. The van der Waals surface area contributed by atoms with Crippen molar-refractivity contribution in [1.82, 2.24) is 0 Å². The normalized spacial score (nSPS) is 10.3. The number of carbonyl (C=O) groups excluding carboxylic acids is 1. The summed E-state index contributed by atoms with van der Waals surface area (Å²) in [5.41, 5.74) is 1.78. The van der Waals surface area contributed by atoms with E-state index in [1.807, 2.05) is 0 Å². The number of benzene rings is 2. The lowest BCUT2D eigenvalue weighted by Crippen LogP contribution is -2.07. The van der Waals surface area contributed by atoms with Gasteiger partial charge in [-0.2, -0.15) is 5.01 Å². The Hall–Kier alpha value is -2.69. The SMILES string of the molecule is [3H]c1ccc(N(N=O)c2ccc(NC=O)cc2)cc1. The van der Waals surface area contributed by atoms with E-state index in [-0.39, 0.29) is 0 Å². The highest BCUT2D eigenvalue weighted by Gasteiger charge is 2.08. The summed E-state index contributed by atoms with van der Waals surface area (Å²) < 4.78 is 7.40. The van der Waals surface area contributed by atoms with E-state index in [1.165, 1.54) is 5.01 Å². The number of hydrogen-bond acceptors (Lipinski definition) is 3. The molecule has 90 valence electrons. The maximum absolute atomic E-state index is 11.0. The van der Waals surface area contributed by atoms with Gasteiger partial charge in [0.15, 0.2) is 0 Å². The Bertz CT molecular complexity index is 569. The molecule has 5 nitrogen and oxygen atoms in total. The number of nitrogens with one attached hydrogen (secondary N) is 1. The molecule has 0 spiro atoms. The molecule has 0 aliphatic carbocycles. The molecule has 0 saturated carbocycles. The number of amides is 1. The van der Waals surface area contributed by atoms with Gasteiger partial charge in [0, 0.05) is 5.69 Å². The molecule has 0 radical (unpaired) electrons. The van der Waals surface area contributed by atoms with E-state index in [0.29, 0.717) is 29.5 Å². The number of nitroso groups, excluding NO2 is 1. The van der Waals surface area contributed by atoms with Crippen molar-refractivity contribution in [1.29, 1.82) is 0 Å². The van der Waals surface area contributed by atoms with Gasteiger partial charge in [0.25, 0.3) is 0 Å². The molecule has 0 aromatic heterocycles. The average Bonchev–Trinajstić information content (AvgIpc) is 2.44. The molecule has 0 heterocycles. The van der Waals surface area contributed by atoms with Crippen molar-refractivity contribution in [3.63, 3.8) is 0 Å². The molecule has 0 saturated heterocycles. The first-order chi connectivity index (χ1) is 9.24. The van der Waals surface area contributed by atoms with Gasteiger partial charge in [-0.3, -0.25) is 4.79 Å². The van der Waals surface area contributed by atoms with Crippen LogP contribution in [-0.4, -0.2) is 6.41 Å². The zero-order valence-corrected chi connectivity index (χ0v) is 9.41. The van der Waals surface area contributed by atoms with Crippen LogP contribution in [0.25, 0.3) is 0 Å². The monoisotopic (exact) mass is 243 g/mol. The highest BCUT2D eigenvalue weighted by Crippen LogP contribution is 2.26. The van der Waals surface area contributed by atoms with Crippen LogP contribution in [0.5, 0.6) is 0 Å². The summed E-state index contributed by atoms with van der Waals surface area (Å²) in [5, 5.41) is 6.68. The summed E-state index contributed by atoms with van der Waals surface area (Å²) in [6, 6.07) is 13.5. The van der Waals surface area contributed by atoms with Crippen LogP contribution < -0.4 is 10.3 Å². The highest BCUT2D eigenvalue weighted by molar-refractivity contribution is 5.73. The molecule has 2 rings (SSSR count). The van der Waals surface area contributed by atoms with Crippen molar-refractivity contribution in [2.45, 2.75) is 0 Å². The molecule has 1 N–H and O–H groups in total. The molecule has 0 atom stereocenters. The van der Waals surface area contributed by atoms with E-state index >= 15 is 0 Å². The molecular formula is C13H11N3O2. The molecule has 0 aliphatic heterocycles. The van der Waals surface area contributed by atoms with E-state index in [9.17, 15) is 9.70 Å². The molecular weight excluding hydrogens is 230 g/mol. The van der Waals surface area contributed by atoms with E-state index in [0.717, 1.165) is 0 Å². The lowest BCUT2D eigenvalue weighted by atomic mass is 10.2. The van der Waals surface area contributed by atoms with Crippen LogP contribution in [0.3, 0.4) is 0 Å². The number of anilines is 3. The number of para-hydroxylation sites is 1. The number of hydrogen-bond donors (Lipinski definition) is 1. The smallest absolute Gasteiger partial charge is 0.211 e. The van der Waals surface area contributed by atoms with E-state index in [2.05, 4.69) is 10.6 Å². The van der Waals surface area contributed by atoms with Gasteiger partial charge in [-0.25, -0.2) is 0 Å². The standard InChI is InChI=1S/C13H11N3O2/c17-10-14-11-6-8-13(9-7-11)16(15-18)12-4-2-1-3-5-12/h1-10H,(H,14,17)/i1T. The molecule has 0 fully saturated rings. The van der Waals surface area contributed by atoms with Gasteiger partial charge in [0.1, 0.15) is 0 Å². The number of carbonyl (C=O) groups is 1. The van der Waals surface area contributed by atoms with E-state index in [1.54, 1.807) is 48.5 Å². The van der Waals surface area contributed by atoms with Crippen molar-refractivity contribution in [3.8, 4) is 0 Å². The summed E-state index contributed by atoms with van der Waals surface area (Å²) in [6.07, 6.45) is 0.581. The fraction of sp³-hybridized carbons (Fsp3) is 0. The van der Waals surface area contributed by atoms with Crippen molar-refractivity contribution in [3.05, 3.63) is 59.5 Å². The first-order valence-electron chi connectivity index (χ1n) is 5.75. The highest BCUT2D eigenvalue weighted by atomic mass is 16.3. The van der Waals surface area contributed by atoms with Crippen LogP contribution in [0, 0.1) is 4.91 Å². The van der Waals surface area contributed by atoms with Crippen LogP contribution in [-0.2, 0) is 4.79 Å². The second-order valence-corrected chi connectivity index (χ2v) is 3.46. The fourth-order valence-electron chi connectivity index (χ4n) is 1.53. The Kier molecular flexibility index (Phi) is 3.25.